The van der Waals surface area contributed by atoms with E-state index in [4.69, 9.17) is 9.84 Å². The van der Waals surface area contributed by atoms with E-state index in [1.807, 2.05) is 4.98 Å². The van der Waals surface area contributed by atoms with Crippen molar-refractivity contribution in [2.24, 2.45) is 0 Å². The molecule has 0 aromatic carbocycles. The van der Waals surface area contributed by atoms with E-state index in [2.05, 4.69) is 0 Å². The molecule has 0 radical (unpaired) electrons. The zero-order chi connectivity index (χ0) is 12.6. The van der Waals surface area contributed by atoms with Crippen LogP contribution in [0.2, 0.25) is 0 Å². The van der Waals surface area contributed by atoms with E-state index in [9.17, 15) is 19.8 Å². The topological polar surface area (TPSA) is 125 Å². The molecule has 2 heterocycles. The monoisotopic (exact) mass is 244 g/mol. The molecule has 94 valence electrons. The summed E-state index contributed by atoms with van der Waals surface area (Å²) >= 11 is 0. The van der Waals surface area contributed by atoms with Gasteiger partial charge in [-0.25, -0.2) is 4.79 Å². The summed E-state index contributed by atoms with van der Waals surface area (Å²) in [6.45, 7) is -0.996. The molecule has 4 N–H and O–H groups in total. The van der Waals surface area contributed by atoms with Gasteiger partial charge in [0.25, 0.3) is 5.56 Å². The third kappa shape index (κ3) is 1.91. The zero-order valence-corrected chi connectivity index (χ0v) is 8.74. The fourth-order valence-electron chi connectivity index (χ4n) is 1.67. The Bertz CT molecular complexity index is 523. The average molecular weight is 244 g/mol. The summed E-state index contributed by atoms with van der Waals surface area (Å²) in [5.74, 6) is 0. The Morgan fingerprint density at radius 2 is 2.29 bits per heavy atom. The largest absolute Gasteiger partial charge is 0.393 e. The molecule has 8 heteroatoms. The average Bonchev–Trinajstić information content (AvgIpc) is 2.58. The highest BCUT2D eigenvalue weighted by atomic mass is 16.6. The second kappa shape index (κ2) is 4.08. The number of H-pyrrole nitrogens is 1. The lowest BCUT2D eigenvalue weighted by Gasteiger charge is -2.24. The van der Waals surface area contributed by atoms with Crippen LogP contribution in [0.25, 0.3) is 0 Å². The van der Waals surface area contributed by atoms with Crippen molar-refractivity contribution < 1.29 is 20.1 Å². The van der Waals surface area contributed by atoms with Crippen molar-refractivity contribution in [3.63, 3.8) is 0 Å². The van der Waals surface area contributed by atoms with E-state index < -0.39 is 35.8 Å². The van der Waals surface area contributed by atoms with Crippen LogP contribution in [0.1, 0.15) is 6.23 Å². The van der Waals surface area contributed by atoms with Crippen LogP contribution in [0.5, 0.6) is 0 Å². The number of nitrogens with zero attached hydrogens (tertiary/aromatic N) is 1. The van der Waals surface area contributed by atoms with Gasteiger partial charge in [-0.2, -0.15) is 0 Å². The van der Waals surface area contributed by atoms with Gasteiger partial charge in [-0.15, -0.1) is 0 Å². The first-order valence-electron chi connectivity index (χ1n) is 4.92. The Balaban J connectivity index is 2.37. The van der Waals surface area contributed by atoms with E-state index in [-0.39, 0.29) is 6.61 Å². The molecule has 1 aliphatic rings. The van der Waals surface area contributed by atoms with Crippen LogP contribution in [0, 0.1) is 0 Å². The third-order valence-electron chi connectivity index (χ3n) is 2.72. The van der Waals surface area contributed by atoms with Gasteiger partial charge in [-0.1, -0.05) is 0 Å². The SMILES string of the molecule is O=c1ccn([C@@H]2OC[C@](O)(CO)[C@H]2O)c(=O)[nH]1. The molecule has 2 rings (SSSR count). The summed E-state index contributed by atoms with van der Waals surface area (Å²) in [4.78, 5) is 24.3. The maximum atomic E-state index is 11.4. The van der Waals surface area contributed by atoms with E-state index in [1.54, 1.807) is 0 Å². The van der Waals surface area contributed by atoms with E-state index in [0.29, 0.717) is 0 Å². The molecule has 1 saturated heterocycles. The number of hydrogen-bond donors (Lipinski definition) is 4. The number of ether oxygens (including phenoxy) is 1. The molecule has 0 bridgehead atoms. The van der Waals surface area contributed by atoms with Crippen LogP contribution in [0.4, 0.5) is 0 Å². The first-order chi connectivity index (χ1) is 7.98. The molecule has 8 nitrogen and oxygen atoms in total. The highest BCUT2D eigenvalue weighted by molar-refractivity contribution is 4.97. The summed E-state index contributed by atoms with van der Waals surface area (Å²) in [5.41, 5.74) is -3.14. The highest BCUT2D eigenvalue weighted by Gasteiger charge is 2.48. The van der Waals surface area contributed by atoms with Crippen molar-refractivity contribution in [2.75, 3.05) is 13.2 Å². The van der Waals surface area contributed by atoms with Gasteiger partial charge in [0.05, 0.1) is 13.2 Å². The lowest BCUT2D eigenvalue weighted by molar-refractivity contribution is -0.0882. The van der Waals surface area contributed by atoms with Gasteiger partial charge in [-0.3, -0.25) is 14.3 Å². The van der Waals surface area contributed by atoms with Crippen molar-refractivity contribution in [3.05, 3.63) is 33.1 Å². The lowest BCUT2D eigenvalue weighted by atomic mass is 10.0. The Hall–Kier alpha value is -1.48. The van der Waals surface area contributed by atoms with Gasteiger partial charge in [0.15, 0.2) is 6.23 Å². The zero-order valence-electron chi connectivity index (χ0n) is 8.74. The first kappa shape index (κ1) is 12.0. The number of aromatic nitrogens is 2. The molecule has 0 unspecified atom stereocenters. The molecule has 0 aliphatic carbocycles. The van der Waals surface area contributed by atoms with Gasteiger partial charge in [0, 0.05) is 12.3 Å². The van der Waals surface area contributed by atoms with Crippen molar-refractivity contribution in [1.82, 2.24) is 9.55 Å². The number of aliphatic hydroxyl groups is 3. The first-order valence-corrected chi connectivity index (χ1v) is 4.92. The molecule has 3 atom stereocenters. The van der Waals surface area contributed by atoms with Crippen LogP contribution < -0.4 is 11.2 Å². The second-order valence-corrected chi connectivity index (χ2v) is 3.93. The predicted octanol–water partition coefficient (Wildman–Crippen LogP) is -2.85. The van der Waals surface area contributed by atoms with E-state index in [0.717, 1.165) is 16.8 Å². The molecule has 1 aromatic heterocycles. The summed E-state index contributed by atoms with van der Waals surface area (Å²) in [7, 11) is 0. The summed E-state index contributed by atoms with van der Waals surface area (Å²) < 4.78 is 6.00. The van der Waals surface area contributed by atoms with E-state index >= 15 is 0 Å². The maximum Gasteiger partial charge on any atom is 0.330 e. The third-order valence-corrected chi connectivity index (χ3v) is 2.72. The molecule has 1 fully saturated rings. The summed E-state index contributed by atoms with van der Waals surface area (Å²) in [6.07, 6.45) is -1.45. The molecule has 1 aliphatic heterocycles. The molecule has 0 saturated carbocycles. The normalized spacial score (nSPS) is 32.9. The lowest BCUT2D eigenvalue weighted by Crippen LogP contribution is -2.47. The smallest absolute Gasteiger partial charge is 0.330 e. The number of rotatable bonds is 2. The second-order valence-electron chi connectivity index (χ2n) is 3.93. The fraction of sp³-hybridized carbons (Fsp3) is 0.556. The minimum Gasteiger partial charge on any atom is -0.393 e. The van der Waals surface area contributed by atoms with Crippen molar-refractivity contribution in [3.8, 4) is 0 Å². The molecular formula is C9H12N2O6. The van der Waals surface area contributed by atoms with Crippen LogP contribution in [0.15, 0.2) is 21.9 Å². The minimum atomic E-state index is -1.81. The minimum absolute atomic E-state index is 0.305. The Morgan fingerprint density at radius 1 is 1.59 bits per heavy atom. The molecule has 17 heavy (non-hydrogen) atoms. The van der Waals surface area contributed by atoms with Crippen molar-refractivity contribution >= 4 is 0 Å². The number of aromatic amines is 1. The highest BCUT2D eigenvalue weighted by Crippen LogP contribution is 2.30. The molecule has 1 aromatic rings. The van der Waals surface area contributed by atoms with Crippen LogP contribution in [-0.2, 0) is 4.74 Å². The Labute approximate surface area is 94.7 Å². The quantitative estimate of drug-likeness (QED) is 0.444. The van der Waals surface area contributed by atoms with Gasteiger partial charge in [0.1, 0.15) is 11.7 Å². The van der Waals surface area contributed by atoms with Gasteiger partial charge in [-0.05, 0) is 0 Å². The molecular weight excluding hydrogens is 232 g/mol. The standard InChI is InChI=1S/C9H12N2O6/c12-3-9(16)4-17-7(6(9)14)11-2-1-5(13)10-8(11)15/h1-2,6-7,12,14,16H,3-4H2,(H,10,13,15)/t6-,7+,9+/m0/s1. The fourth-order valence-corrected chi connectivity index (χ4v) is 1.67. The summed E-state index contributed by atoms with van der Waals surface area (Å²) in [5, 5.41) is 28.4. The van der Waals surface area contributed by atoms with Gasteiger partial charge >= 0.3 is 5.69 Å². The van der Waals surface area contributed by atoms with Crippen LogP contribution in [-0.4, -0.2) is 49.8 Å². The van der Waals surface area contributed by atoms with Gasteiger partial charge in [0.2, 0.25) is 0 Å². The van der Waals surface area contributed by atoms with E-state index in [1.165, 1.54) is 0 Å². The van der Waals surface area contributed by atoms with Crippen molar-refractivity contribution in [1.29, 1.82) is 0 Å². The summed E-state index contributed by atoms with van der Waals surface area (Å²) in [6, 6.07) is 1.09. The number of aliphatic hydroxyl groups excluding tert-OH is 2. The molecule has 0 amide bonds. The number of nitrogens with one attached hydrogen (secondary N) is 1. The predicted molar refractivity (Wildman–Crippen MR) is 54.4 cm³/mol. The Kier molecular flexibility index (Phi) is 2.87. The van der Waals surface area contributed by atoms with Gasteiger partial charge < -0.3 is 20.1 Å². The Morgan fingerprint density at radius 3 is 2.82 bits per heavy atom. The van der Waals surface area contributed by atoms with Crippen molar-refractivity contribution in [2.45, 2.75) is 17.9 Å². The van der Waals surface area contributed by atoms with Crippen LogP contribution >= 0.6 is 0 Å². The number of hydrogen-bond acceptors (Lipinski definition) is 6. The maximum absolute atomic E-state index is 11.4. The molecule has 0 spiro atoms. The van der Waals surface area contributed by atoms with Crippen LogP contribution in [0.3, 0.4) is 0 Å².